The summed E-state index contributed by atoms with van der Waals surface area (Å²) in [7, 11) is -9.91. The number of rotatable bonds is 72. The largest absolute Gasteiger partial charge is 0.472 e. The van der Waals surface area contributed by atoms with E-state index in [2.05, 4.69) is 48.5 Å². The Balaban J connectivity index is 5.27. The molecule has 0 aromatic heterocycles. The van der Waals surface area contributed by atoms with Crippen molar-refractivity contribution in [2.24, 2.45) is 17.8 Å². The molecule has 17 nitrogen and oxygen atoms in total. The molecule has 0 saturated carbocycles. The third kappa shape index (κ3) is 68.4. The van der Waals surface area contributed by atoms with Crippen molar-refractivity contribution in [3.05, 3.63) is 0 Å². The van der Waals surface area contributed by atoms with Crippen molar-refractivity contribution in [2.45, 2.75) is 394 Å². The molecule has 0 aliphatic carbocycles. The Morgan fingerprint density at radius 2 is 0.495 bits per heavy atom. The summed E-state index contributed by atoms with van der Waals surface area (Å²) in [5.41, 5.74) is 0. The van der Waals surface area contributed by atoms with E-state index in [0.29, 0.717) is 25.7 Å². The third-order valence-electron chi connectivity index (χ3n) is 17.1. The molecule has 0 bridgehead atoms. The summed E-state index contributed by atoms with van der Waals surface area (Å²) < 4.78 is 68.5. The molecular weight excluding hydrogens is 1220 g/mol. The van der Waals surface area contributed by atoms with Crippen molar-refractivity contribution in [1.29, 1.82) is 0 Å². The molecule has 552 valence electrons. The molecule has 0 spiro atoms. The van der Waals surface area contributed by atoms with Crippen LogP contribution in [0.25, 0.3) is 0 Å². The number of aliphatic hydroxyl groups excluding tert-OH is 1. The van der Waals surface area contributed by atoms with Gasteiger partial charge in [-0.15, -0.1) is 0 Å². The van der Waals surface area contributed by atoms with E-state index in [4.69, 9.17) is 37.0 Å². The van der Waals surface area contributed by atoms with E-state index in [-0.39, 0.29) is 25.7 Å². The van der Waals surface area contributed by atoms with Crippen LogP contribution in [0.3, 0.4) is 0 Å². The lowest BCUT2D eigenvalue weighted by Gasteiger charge is -2.21. The van der Waals surface area contributed by atoms with Crippen LogP contribution in [0, 0.1) is 17.8 Å². The summed E-state index contributed by atoms with van der Waals surface area (Å²) >= 11 is 0. The van der Waals surface area contributed by atoms with Gasteiger partial charge in [-0.2, -0.15) is 0 Å². The molecule has 0 saturated heterocycles. The van der Waals surface area contributed by atoms with Crippen LogP contribution < -0.4 is 0 Å². The lowest BCUT2D eigenvalue weighted by Crippen LogP contribution is -2.30. The van der Waals surface area contributed by atoms with E-state index in [1.807, 2.05) is 0 Å². The first-order valence-electron chi connectivity index (χ1n) is 38.3. The van der Waals surface area contributed by atoms with Crippen molar-refractivity contribution < 1.29 is 80.2 Å². The summed E-state index contributed by atoms with van der Waals surface area (Å²) in [6.07, 6.45) is 49.8. The van der Waals surface area contributed by atoms with Crippen molar-refractivity contribution in [3.8, 4) is 0 Å². The smallest absolute Gasteiger partial charge is 0.462 e. The second-order valence-corrected chi connectivity index (χ2v) is 31.0. The van der Waals surface area contributed by atoms with Gasteiger partial charge in [0, 0.05) is 25.7 Å². The van der Waals surface area contributed by atoms with Crippen molar-refractivity contribution in [3.63, 3.8) is 0 Å². The molecular formula is C74H144O17P2. The van der Waals surface area contributed by atoms with E-state index in [9.17, 15) is 43.2 Å². The first kappa shape index (κ1) is 91.1. The summed E-state index contributed by atoms with van der Waals surface area (Å²) in [6.45, 7) is 11.9. The SMILES string of the molecule is CCCCCCCCCCCCCC(=O)OC[C@H](COP(=O)(O)OC[C@H](O)COP(=O)(O)OC[C@@H](COC(=O)CCCCCCCCCCCCCC(C)C)OC(=O)CCCCCCCCCCCCCC(C)C)OC(=O)CCCCCCCCCCCCCC(C)C. The number of carbonyl (C=O) groups excluding carboxylic acids is 4. The number of hydrogen-bond acceptors (Lipinski definition) is 15. The zero-order valence-electron chi connectivity index (χ0n) is 60.7. The zero-order chi connectivity index (χ0) is 68.7. The Bertz CT molecular complexity index is 1820. The predicted molar refractivity (Wildman–Crippen MR) is 377 cm³/mol. The highest BCUT2D eigenvalue weighted by molar-refractivity contribution is 7.47. The predicted octanol–water partition coefficient (Wildman–Crippen LogP) is 21.4. The molecule has 0 amide bonds. The first-order valence-corrected chi connectivity index (χ1v) is 41.3. The molecule has 0 heterocycles. The van der Waals surface area contributed by atoms with Gasteiger partial charge in [0.05, 0.1) is 26.4 Å². The highest BCUT2D eigenvalue weighted by atomic mass is 31.2. The van der Waals surface area contributed by atoms with Gasteiger partial charge in [-0.1, -0.05) is 325 Å². The number of ether oxygens (including phenoxy) is 4. The number of esters is 4. The molecule has 5 atom stereocenters. The minimum atomic E-state index is -4.96. The molecule has 0 aliphatic rings. The van der Waals surface area contributed by atoms with Gasteiger partial charge in [-0.3, -0.25) is 37.3 Å². The van der Waals surface area contributed by atoms with Gasteiger partial charge in [-0.05, 0) is 43.4 Å². The highest BCUT2D eigenvalue weighted by Crippen LogP contribution is 2.45. The van der Waals surface area contributed by atoms with Crippen LogP contribution in [0.2, 0.25) is 0 Å². The number of unbranched alkanes of at least 4 members (excludes halogenated alkanes) is 40. The summed E-state index contributed by atoms with van der Waals surface area (Å²) in [4.78, 5) is 72.8. The quantitative estimate of drug-likeness (QED) is 0.0222. The fourth-order valence-electron chi connectivity index (χ4n) is 11.2. The Kier molecular flexibility index (Phi) is 63.4. The standard InChI is InChI=1S/C74H144O17P2/c1-8-9-10-11-12-13-17-27-34-41-48-55-71(76)84-61-69(90-73(78)57-50-43-36-29-22-15-19-25-32-39-46-53-66(4)5)63-88-92(80,81)86-59-68(75)60-87-93(82,83)89-64-70(91-74(79)58-51-44-37-30-23-16-20-26-33-40-47-54-67(6)7)62-85-72(77)56-49-42-35-28-21-14-18-24-31-38-45-52-65(2)3/h65-70,75H,8-64H2,1-7H3,(H,80,81)(H,82,83)/t68-,69+,70+/m0/s1. The summed E-state index contributed by atoms with van der Waals surface area (Å²) in [5, 5.41) is 10.6. The maximum atomic E-state index is 13.1. The first-order chi connectivity index (χ1) is 44.7. The average molecular weight is 1370 g/mol. The van der Waals surface area contributed by atoms with Crippen LogP contribution in [0.4, 0.5) is 0 Å². The Labute approximate surface area is 568 Å². The maximum Gasteiger partial charge on any atom is 0.472 e. The number of aliphatic hydroxyl groups is 1. The van der Waals surface area contributed by atoms with E-state index in [1.54, 1.807) is 0 Å². The third-order valence-corrected chi connectivity index (χ3v) is 19.0. The molecule has 0 aromatic rings. The summed E-state index contributed by atoms with van der Waals surface area (Å²) in [6, 6.07) is 0. The van der Waals surface area contributed by atoms with Crippen LogP contribution in [-0.4, -0.2) is 96.7 Å². The second kappa shape index (κ2) is 64.7. The number of phosphoric acid groups is 2. The van der Waals surface area contributed by atoms with E-state index in [0.717, 1.165) is 108 Å². The van der Waals surface area contributed by atoms with Crippen molar-refractivity contribution in [2.75, 3.05) is 39.6 Å². The Morgan fingerprint density at radius 1 is 0.290 bits per heavy atom. The van der Waals surface area contributed by atoms with Gasteiger partial charge >= 0.3 is 39.5 Å². The van der Waals surface area contributed by atoms with Crippen LogP contribution in [0.5, 0.6) is 0 Å². The van der Waals surface area contributed by atoms with Gasteiger partial charge in [0.1, 0.15) is 19.3 Å². The minimum Gasteiger partial charge on any atom is -0.462 e. The van der Waals surface area contributed by atoms with E-state index in [1.165, 1.54) is 186 Å². The van der Waals surface area contributed by atoms with E-state index >= 15 is 0 Å². The Morgan fingerprint density at radius 3 is 0.731 bits per heavy atom. The van der Waals surface area contributed by atoms with Crippen molar-refractivity contribution in [1.82, 2.24) is 0 Å². The molecule has 0 radical (unpaired) electrons. The molecule has 2 unspecified atom stereocenters. The van der Waals surface area contributed by atoms with Gasteiger partial charge in [0.25, 0.3) is 0 Å². The van der Waals surface area contributed by atoms with Gasteiger partial charge < -0.3 is 33.8 Å². The normalized spacial score (nSPS) is 14.1. The molecule has 19 heteroatoms. The lowest BCUT2D eigenvalue weighted by molar-refractivity contribution is -0.161. The van der Waals surface area contributed by atoms with Crippen molar-refractivity contribution >= 4 is 39.5 Å². The molecule has 0 aliphatic heterocycles. The van der Waals surface area contributed by atoms with Crippen LogP contribution in [-0.2, 0) is 65.4 Å². The van der Waals surface area contributed by atoms with Gasteiger partial charge in [0.2, 0.25) is 0 Å². The Hall–Kier alpha value is -1.94. The minimum absolute atomic E-state index is 0.106. The van der Waals surface area contributed by atoms with Crippen LogP contribution in [0.15, 0.2) is 0 Å². The van der Waals surface area contributed by atoms with Gasteiger partial charge in [-0.25, -0.2) is 9.13 Å². The van der Waals surface area contributed by atoms with Crippen LogP contribution in [0.1, 0.15) is 376 Å². The molecule has 0 rings (SSSR count). The highest BCUT2D eigenvalue weighted by Gasteiger charge is 2.30. The van der Waals surface area contributed by atoms with E-state index < -0.39 is 97.5 Å². The average Bonchev–Trinajstić information content (AvgIpc) is 3.17. The maximum absolute atomic E-state index is 13.1. The summed E-state index contributed by atoms with van der Waals surface area (Å²) in [5.74, 6) is 0.183. The fraction of sp³-hybridized carbons (Fsp3) is 0.946. The number of carbonyl (C=O) groups is 4. The second-order valence-electron chi connectivity index (χ2n) is 28.1. The van der Waals surface area contributed by atoms with Crippen LogP contribution >= 0.6 is 15.6 Å². The topological polar surface area (TPSA) is 237 Å². The molecule has 0 aromatic carbocycles. The number of phosphoric ester groups is 2. The lowest BCUT2D eigenvalue weighted by atomic mass is 10.0. The molecule has 93 heavy (non-hydrogen) atoms. The zero-order valence-corrected chi connectivity index (χ0v) is 62.5. The molecule has 3 N–H and O–H groups in total. The monoisotopic (exact) mass is 1370 g/mol. The molecule has 0 fully saturated rings. The fourth-order valence-corrected chi connectivity index (χ4v) is 12.8. The number of hydrogen-bond donors (Lipinski definition) is 3. The van der Waals surface area contributed by atoms with Gasteiger partial charge in [0.15, 0.2) is 12.2 Å².